The molecule has 0 radical (unpaired) electrons. The normalized spacial score (nSPS) is 22.7. The van der Waals surface area contributed by atoms with Gasteiger partial charge in [0, 0.05) is 38.0 Å². The Labute approximate surface area is 574 Å². The fraction of sp³-hybridized carbons (Fsp3) is 0.713. The van der Waals surface area contributed by atoms with E-state index >= 15 is 0 Å². The van der Waals surface area contributed by atoms with Crippen molar-refractivity contribution in [3.05, 3.63) is 116 Å². The largest absolute Gasteiger partial charge is 0.393 e. The number of aliphatic hydroxyl groups excluding tert-OH is 1. The lowest BCUT2D eigenvalue weighted by Crippen LogP contribution is -2.14. The van der Waals surface area contributed by atoms with Gasteiger partial charge in [-0.3, -0.25) is 24.0 Å². The van der Waals surface area contributed by atoms with Crippen LogP contribution in [0.1, 0.15) is 355 Å². The number of aliphatic hydroxyl groups is 1. The van der Waals surface area contributed by atoms with Crippen LogP contribution in [0.15, 0.2) is 116 Å². The molecule has 0 aromatic heterocycles. The van der Waals surface area contributed by atoms with Crippen molar-refractivity contribution in [2.45, 2.75) is 361 Å². The van der Waals surface area contributed by atoms with E-state index in [1.807, 2.05) is 18.2 Å². The van der Waals surface area contributed by atoms with Gasteiger partial charge in [0.2, 0.25) is 0 Å². The van der Waals surface area contributed by atoms with E-state index in [2.05, 4.69) is 154 Å². The first-order valence-corrected chi connectivity index (χ1v) is 38.1. The van der Waals surface area contributed by atoms with Crippen LogP contribution in [0.25, 0.3) is 0 Å². The molecule has 0 amide bonds. The monoisotopic (exact) mass is 1290 g/mol. The van der Waals surface area contributed by atoms with Crippen LogP contribution in [0.2, 0.25) is 0 Å². The van der Waals surface area contributed by atoms with Gasteiger partial charge < -0.3 is 5.11 Å². The molecule has 0 spiro atoms. The summed E-state index contributed by atoms with van der Waals surface area (Å²) in [5.41, 5.74) is 13.8. The molecule has 1 N–H and O–H groups in total. The maximum atomic E-state index is 11.6. The van der Waals surface area contributed by atoms with Crippen molar-refractivity contribution in [1.29, 1.82) is 0 Å². The SMILES string of the molecule is CC(C)=CCC/C(C)=C/CC/C(C)=C/CC1CCCC1=O.CC(C)=CCC/C(C)=C/CC/C(C)=C/CC1CCCC1O.CC1=CC(=O)CC(CC(C)C)C1.CCCCC1CC(=O)C=C(C)C1.CCCCCC1CC(=O)C=C(C)C1.CCCCCCC1CC(=O)C=C(C)C1. The van der Waals surface area contributed by atoms with E-state index < -0.39 is 0 Å². The summed E-state index contributed by atoms with van der Waals surface area (Å²) in [6.45, 7) is 36.9. The number of hydrogen-bond acceptors (Lipinski definition) is 6. The van der Waals surface area contributed by atoms with Gasteiger partial charge in [0.05, 0.1) is 6.10 Å². The molecule has 7 atom stereocenters. The van der Waals surface area contributed by atoms with E-state index in [0.717, 1.165) is 122 Å². The average Bonchev–Trinajstić information content (AvgIpc) is 3.36. The van der Waals surface area contributed by atoms with Gasteiger partial charge in [-0.1, -0.05) is 191 Å². The molecule has 6 nitrogen and oxygen atoms in total. The summed E-state index contributed by atoms with van der Waals surface area (Å²) in [6, 6.07) is 0. The quantitative estimate of drug-likeness (QED) is 0.0567. The second-order valence-electron chi connectivity index (χ2n) is 30.7. The van der Waals surface area contributed by atoms with E-state index in [4.69, 9.17) is 0 Å². The summed E-state index contributed by atoms with van der Waals surface area (Å²) in [5.74, 6) is 5.91. The molecule has 6 aliphatic carbocycles. The standard InChI is InChI=1S/C20H34O.C20H32O.C13H22O.C12H20O.2C11H18O/c2*1-16(2)8-5-9-17(3)10-6-11-18(4)14-15-19-12-7-13-20(19)21;1-3-4-5-6-7-12-8-11(2)9-13(14)10-12;1-3-4-5-6-11-7-10(2)8-12(13)9-11;1-8(2)4-10-5-9(3)6-11(12)7-10;1-3-4-5-10-6-9(2)7-11(12)8-10/h8,10,14,19-21H,5-7,9,11-13,15H2,1-4H3;8,10,14,19H,5-7,9,11-13,15H2,1-4H3;9,12H,3-8,10H2,1-2H3;8,11H,3-7,9H2,1-2H3;6,8,10H,4-5,7H2,1-3H3;7,10H,3-6,8H2,1-2H3/b2*17-10+,18-14+;;;;. The lowest BCUT2D eigenvalue weighted by molar-refractivity contribution is -0.120. The number of rotatable bonds is 30. The zero-order chi connectivity index (χ0) is 69.5. The van der Waals surface area contributed by atoms with Gasteiger partial charge in [0.1, 0.15) is 5.78 Å². The smallest absolute Gasteiger partial charge is 0.155 e. The minimum atomic E-state index is -0.0498. The van der Waals surface area contributed by atoms with Crippen LogP contribution in [0.4, 0.5) is 0 Å². The summed E-state index contributed by atoms with van der Waals surface area (Å²) < 4.78 is 0. The molecular formula is C87H144O6. The van der Waals surface area contributed by atoms with Crippen LogP contribution in [-0.2, 0) is 24.0 Å². The van der Waals surface area contributed by atoms with Crippen LogP contribution in [-0.4, -0.2) is 40.1 Å². The van der Waals surface area contributed by atoms with Gasteiger partial charge in [-0.15, -0.1) is 0 Å². The van der Waals surface area contributed by atoms with Crippen LogP contribution in [0.5, 0.6) is 0 Å². The third-order valence-corrected chi connectivity index (χ3v) is 19.3. The van der Waals surface area contributed by atoms with Gasteiger partial charge in [-0.25, -0.2) is 0 Å². The van der Waals surface area contributed by atoms with E-state index in [0.29, 0.717) is 70.3 Å². The first-order chi connectivity index (χ1) is 44.2. The molecule has 6 aliphatic rings. The first-order valence-electron chi connectivity index (χ1n) is 38.1. The van der Waals surface area contributed by atoms with Gasteiger partial charge in [-0.05, 0) is 284 Å². The highest BCUT2D eigenvalue weighted by molar-refractivity contribution is 5.92. The van der Waals surface area contributed by atoms with Crippen molar-refractivity contribution < 1.29 is 29.1 Å². The number of unbranched alkanes of at least 4 members (excludes halogenated alkanes) is 6. The van der Waals surface area contributed by atoms with Gasteiger partial charge in [0.25, 0.3) is 0 Å². The van der Waals surface area contributed by atoms with Gasteiger partial charge in [0.15, 0.2) is 23.1 Å². The Kier molecular flexibility index (Phi) is 49.3. The van der Waals surface area contributed by atoms with Crippen LogP contribution < -0.4 is 0 Å². The van der Waals surface area contributed by atoms with Crippen molar-refractivity contribution >= 4 is 28.9 Å². The van der Waals surface area contributed by atoms with Crippen LogP contribution in [0, 0.1) is 41.4 Å². The maximum Gasteiger partial charge on any atom is 0.155 e. The summed E-state index contributed by atoms with van der Waals surface area (Å²) in [5, 5.41) is 9.83. The number of carbonyl (C=O) groups excluding carboxylic acids is 5. The fourth-order valence-electron chi connectivity index (χ4n) is 14.1. The Morgan fingerprint density at radius 1 is 0.430 bits per heavy atom. The zero-order valence-electron chi connectivity index (χ0n) is 63.5. The highest BCUT2D eigenvalue weighted by Crippen LogP contribution is 2.32. The number of Topliss-reactive ketones (excluding diaryl/α,β-unsaturated/α-hetero) is 1. The molecule has 93 heavy (non-hydrogen) atoms. The average molecular weight is 1290 g/mol. The zero-order valence-corrected chi connectivity index (χ0v) is 63.5. The molecule has 7 unspecified atom stereocenters. The lowest BCUT2D eigenvalue weighted by atomic mass is 9.83. The Balaban J connectivity index is 0.000000567. The van der Waals surface area contributed by atoms with Gasteiger partial charge >= 0.3 is 0 Å². The van der Waals surface area contributed by atoms with Gasteiger partial charge in [-0.2, -0.15) is 0 Å². The Hall–Kier alpha value is -4.29. The van der Waals surface area contributed by atoms with Crippen molar-refractivity contribution in [2.75, 3.05) is 0 Å². The Bertz CT molecular complexity index is 2480. The molecular weight excluding hydrogens is 1140 g/mol. The Morgan fingerprint density at radius 2 is 0.796 bits per heavy atom. The minimum absolute atomic E-state index is 0.0498. The maximum absolute atomic E-state index is 11.6. The predicted octanol–water partition coefficient (Wildman–Crippen LogP) is 25.6. The van der Waals surface area contributed by atoms with Crippen molar-refractivity contribution in [2.24, 2.45) is 41.4 Å². The van der Waals surface area contributed by atoms with Crippen LogP contribution >= 0.6 is 0 Å². The number of carbonyl (C=O) groups is 5. The Morgan fingerprint density at radius 3 is 1.16 bits per heavy atom. The molecule has 0 heterocycles. The van der Waals surface area contributed by atoms with Crippen molar-refractivity contribution in [1.82, 2.24) is 0 Å². The number of hydrogen-bond donors (Lipinski definition) is 1. The highest BCUT2D eigenvalue weighted by atomic mass is 16.3. The van der Waals surface area contributed by atoms with Crippen molar-refractivity contribution in [3.63, 3.8) is 0 Å². The summed E-state index contributed by atoms with van der Waals surface area (Å²) in [7, 11) is 0. The molecule has 0 aromatic carbocycles. The minimum Gasteiger partial charge on any atom is -0.393 e. The van der Waals surface area contributed by atoms with E-state index in [9.17, 15) is 29.1 Å². The first kappa shape index (κ1) is 86.7. The second kappa shape index (κ2) is 52.8. The molecule has 0 saturated heterocycles. The lowest BCUT2D eigenvalue weighted by Gasteiger charge is -2.21. The molecule has 2 saturated carbocycles. The molecule has 6 heteroatoms. The number of allylic oxidation sites excluding steroid dienone is 20. The molecule has 6 rings (SSSR count). The predicted molar refractivity (Wildman–Crippen MR) is 404 cm³/mol. The van der Waals surface area contributed by atoms with Crippen molar-refractivity contribution in [3.8, 4) is 0 Å². The third kappa shape index (κ3) is 47.3. The van der Waals surface area contributed by atoms with E-state index in [1.54, 1.807) is 6.08 Å². The fourth-order valence-corrected chi connectivity index (χ4v) is 14.1. The topological polar surface area (TPSA) is 106 Å². The summed E-state index contributed by atoms with van der Waals surface area (Å²) in [4.78, 5) is 56.5. The summed E-state index contributed by atoms with van der Waals surface area (Å²) in [6.07, 6.45) is 63.2. The molecule has 2 fully saturated rings. The molecule has 528 valence electrons. The second-order valence-corrected chi connectivity index (χ2v) is 30.7. The molecule has 0 aromatic rings. The molecule has 0 aliphatic heterocycles. The van der Waals surface area contributed by atoms with Crippen LogP contribution in [0.3, 0.4) is 0 Å². The van der Waals surface area contributed by atoms with E-state index in [-0.39, 0.29) is 6.10 Å². The third-order valence-electron chi connectivity index (χ3n) is 19.3. The van der Waals surface area contributed by atoms with E-state index in [1.165, 1.54) is 171 Å². The molecule has 0 bridgehead atoms. The summed E-state index contributed by atoms with van der Waals surface area (Å²) >= 11 is 0. The highest BCUT2D eigenvalue weighted by Gasteiger charge is 2.25. The number of ketones is 5.